The Hall–Kier alpha value is -1.86. The van der Waals surface area contributed by atoms with Crippen molar-refractivity contribution in [2.45, 2.75) is 12.5 Å². The molecule has 2 amide bonds. The summed E-state index contributed by atoms with van der Waals surface area (Å²) in [6.07, 6.45) is -0.853. The lowest BCUT2D eigenvalue weighted by Crippen LogP contribution is -2.37. The number of urea groups is 1. The van der Waals surface area contributed by atoms with Gasteiger partial charge in [0.1, 0.15) is 5.82 Å². The highest BCUT2D eigenvalue weighted by atomic mass is 35.5. The van der Waals surface area contributed by atoms with E-state index >= 15 is 0 Å². The van der Waals surface area contributed by atoms with Gasteiger partial charge in [-0.3, -0.25) is 4.79 Å². The molecule has 1 aromatic carbocycles. The van der Waals surface area contributed by atoms with Crippen LogP contribution >= 0.6 is 11.6 Å². The van der Waals surface area contributed by atoms with Crippen LogP contribution in [0.1, 0.15) is 6.42 Å². The van der Waals surface area contributed by atoms with E-state index in [9.17, 15) is 14.0 Å². The molecule has 1 atom stereocenters. The molecular weight excluding hydrogens is 291 g/mol. The lowest BCUT2D eigenvalue weighted by molar-refractivity contribution is -0.139. The van der Waals surface area contributed by atoms with E-state index < -0.39 is 23.9 Å². The third kappa shape index (κ3) is 5.41. The van der Waals surface area contributed by atoms with Gasteiger partial charge in [-0.2, -0.15) is 0 Å². The van der Waals surface area contributed by atoms with Gasteiger partial charge in [0.2, 0.25) is 0 Å². The number of carboxylic acids is 1. The van der Waals surface area contributed by atoms with E-state index in [0.717, 1.165) is 6.07 Å². The zero-order valence-corrected chi connectivity index (χ0v) is 11.4. The van der Waals surface area contributed by atoms with Crippen molar-refractivity contribution in [1.29, 1.82) is 0 Å². The Kier molecular flexibility index (Phi) is 6.20. The summed E-state index contributed by atoms with van der Waals surface area (Å²) >= 11 is 5.57. The number of carbonyl (C=O) groups is 2. The first kappa shape index (κ1) is 16.2. The van der Waals surface area contributed by atoms with E-state index in [1.54, 1.807) is 0 Å². The maximum absolute atomic E-state index is 12.9. The van der Waals surface area contributed by atoms with Crippen molar-refractivity contribution in [2.75, 3.05) is 19.0 Å². The van der Waals surface area contributed by atoms with Gasteiger partial charge < -0.3 is 20.5 Å². The van der Waals surface area contributed by atoms with E-state index in [4.69, 9.17) is 21.4 Å². The molecular formula is C12H14ClFN2O4. The fourth-order valence-electron chi connectivity index (χ4n) is 1.39. The molecule has 0 aliphatic heterocycles. The molecule has 0 spiro atoms. The molecule has 0 heterocycles. The number of hydrogen-bond donors (Lipinski definition) is 3. The number of halogens is 2. The SMILES string of the molecule is COC(CNC(=O)Nc1ccc(F)c(Cl)c1)CC(=O)O. The van der Waals surface area contributed by atoms with Crippen LogP contribution in [0.4, 0.5) is 14.9 Å². The number of methoxy groups -OCH3 is 1. The number of anilines is 1. The van der Waals surface area contributed by atoms with Gasteiger partial charge in [0.05, 0.1) is 17.5 Å². The first-order chi connectivity index (χ1) is 9.42. The Morgan fingerprint density at radius 2 is 2.20 bits per heavy atom. The number of aliphatic carboxylic acids is 1. The van der Waals surface area contributed by atoms with Gasteiger partial charge in [-0.25, -0.2) is 9.18 Å². The van der Waals surface area contributed by atoms with Crippen LogP contribution < -0.4 is 10.6 Å². The molecule has 8 heteroatoms. The Bertz CT molecular complexity index is 498. The summed E-state index contributed by atoms with van der Waals surface area (Å²) in [6.45, 7) is 0.0313. The molecule has 1 unspecified atom stereocenters. The molecule has 1 rings (SSSR count). The first-order valence-corrected chi connectivity index (χ1v) is 6.04. The maximum Gasteiger partial charge on any atom is 0.319 e. The summed E-state index contributed by atoms with van der Waals surface area (Å²) in [6, 6.07) is 3.17. The third-order valence-corrected chi connectivity index (χ3v) is 2.69. The fourth-order valence-corrected chi connectivity index (χ4v) is 1.57. The van der Waals surface area contributed by atoms with Gasteiger partial charge in [0, 0.05) is 19.3 Å². The second kappa shape index (κ2) is 7.66. The number of carboxylic acid groups (broad SMARTS) is 1. The van der Waals surface area contributed by atoms with Crippen molar-refractivity contribution in [3.63, 3.8) is 0 Å². The number of hydrogen-bond acceptors (Lipinski definition) is 3. The number of amides is 2. The standard InChI is InChI=1S/C12H14ClFN2O4/c1-20-8(5-11(17)18)6-15-12(19)16-7-2-3-10(14)9(13)4-7/h2-4,8H,5-6H2,1H3,(H,17,18)(H2,15,16,19). The molecule has 0 aliphatic carbocycles. The van der Waals surface area contributed by atoms with Gasteiger partial charge in [0.15, 0.2) is 0 Å². The second-order valence-electron chi connectivity index (χ2n) is 3.92. The van der Waals surface area contributed by atoms with Crippen molar-refractivity contribution in [3.8, 4) is 0 Å². The summed E-state index contributed by atoms with van der Waals surface area (Å²) in [7, 11) is 1.35. The lowest BCUT2D eigenvalue weighted by Gasteiger charge is -2.14. The van der Waals surface area contributed by atoms with E-state index in [1.165, 1.54) is 19.2 Å². The summed E-state index contributed by atoms with van der Waals surface area (Å²) in [5.41, 5.74) is 0.320. The van der Waals surface area contributed by atoms with Crippen molar-refractivity contribution < 1.29 is 23.8 Å². The Morgan fingerprint density at radius 1 is 1.50 bits per heavy atom. The van der Waals surface area contributed by atoms with Gasteiger partial charge in [-0.05, 0) is 18.2 Å². The van der Waals surface area contributed by atoms with E-state index in [-0.39, 0.29) is 18.0 Å². The normalized spacial score (nSPS) is 11.8. The number of benzene rings is 1. The van der Waals surface area contributed by atoms with Crippen molar-refractivity contribution >= 4 is 29.3 Å². The Morgan fingerprint density at radius 3 is 2.75 bits per heavy atom. The van der Waals surface area contributed by atoms with Gasteiger partial charge >= 0.3 is 12.0 Å². The summed E-state index contributed by atoms with van der Waals surface area (Å²) < 4.78 is 17.8. The average molecular weight is 305 g/mol. The van der Waals surface area contributed by atoms with E-state index in [0.29, 0.717) is 5.69 Å². The van der Waals surface area contributed by atoms with Crippen LogP contribution in [0.25, 0.3) is 0 Å². The van der Waals surface area contributed by atoms with Crippen molar-refractivity contribution in [2.24, 2.45) is 0 Å². The number of rotatable bonds is 6. The number of carbonyl (C=O) groups excluding carboxylic acids is 1. The minimum Gasteiger partial charge on any atom is -0.481 e. The molecule has 1 aromatic rings. The number of ether oxygens (including phenoxy) is 1. The largest absolute Gasteiger partial charge is 0.481 e. The van der Waals surface area contributed by atoms with Crippen LogP contribution in [-0.2, 0) is 9.53 Å². The minimum atomic E-state index is -1.02. The maximum atomic E-state index is 12.9. The molecule has 3 N–H and O–H groups in total. The van der Waals surface area contributed by atoms with E-state index in [2.05, 4.69) is 10.6 Å². The zero-order valence-electron chi connectivity index (χ0n) is 10.7. The Balaban J connectivity index is 2.46. The lowest BCUT2D eigenvalue weighted by atomic mass is 10.2. The molecule has 0 saturated carbocycles. The van der Waals surface area contributed by atoms with Gasteiger partial charge in [-0.1, -0.05) is 11.6 Å². The van der Waals surface area contributed by atoms with Crippen LogP contribution in [-0.4, -0.2) is 36.9 Å². The van der Waals surface area contributed by atoms with Gasteiger partial charge in [0.25, 0.3) is 0 Å². The molecule has 0 aromatic heterocycles. The predicted molar refractivity (Wildman–Crippen MR) is 71.5 cm³/mol. The highest BCUT2D eigenvalue weighted by Gasteiger charge is 2.13. The number of nitrogens with one attached hydrogen (secondary N) is 2. The highest BCUT2D eigenvalue weighted by Crippen LogP contribution is 2.19. The monoisotopic (exact) mass is 304 g/mol. The fraction of sp³-hybridized carbons (Fsp3) is 0.333. The van der Waals surface area contributed by atoms with Crippen molar-refractivity contribution in [1.82, 2.24) is 5.32 Å². The van der Waals surface area contributed by atoms with Crippen LogP contribution in [0.5, 0.6) is 0 Å². The van der Waals surface area contributed by atoms with Crippen LogP contribution in [0.2, 0.25) is 5.02 Å². The third-order valence-electron chi connectivity index (χ3n) is 2.40. The smallest absolute Gasteiger partial charge is 0.319 e. The quantitative estimate of drug-likeness (QED) is 0.751. The molecule has 0 radical (unpaired) electrons. The van der Waals surface area contributed by atoms with Crippen LogP contribution in [0, 0.1) is 5.82 Å². The first-order valence-electron chi connectivity index (χ1n) is 5.67. The summed E-state index contributed by atoms with van der Waals surface area (Å²) in [5, 5.41) is 13.4. The Labute approximate surface area is 119 Å². The van der Waals surface area contributed by atoms with Crippen LogP contribution in [0.3, 0.4) is 0 Å². The highest BCUT2D eigenvalue weighted by molar-refractivity contribution is 6.31. The van der Waals surface area contributed by atoms with Crippen LogP contribution in [0.15, 0.2) is 18.2 Å². The molecule has 0 fully saturated rings. The van der Waals surface area contributed by atoms with Gasteiger partial charge in [-0.15, -0.1) is 0 Å². The summed E-state index contributed by atoms with van der Waals surface area (Å²) in [5.74, 6) is -1.61. The topological polar surface area (TPSA) is 87.7 Å². The minimum absolute atomic E-state index is 0.0313. The average Bonchev–Trinajstić information content (AvgIpc) is 2.38. The molecule has 20 heavy (non-hydrogen) atoms. The van der Waals surface area contributed by atoms with E-state index in [1.807, 2.05) is 0 Å². The van der Waals surface area contributed by atoms with Crippen molar-refractivity contribution in [3.05, 3.63) is 29.0 Å². The molecule has 0 bridgehead atoms. The predicted octanol–water partition coefficient (Wildman–Crippen LogP) is 2.09. The summed E-state index contributed by atoms with van der Waals surface area (Å²) in [4.78, 5) is 22.1. The second-order valence-corrected chi connectivity index (χ2v) is 4.33. The zero-order chi connectivity index (χ0) is 15.1. The molecule has 0 aliphatic rings. The molecule has 6 nitrogen and oxygen atoms in total. The molecule has 110 valence electrons. The molecule has 0 saturated heterocycles.